The quantitative estimate of drug-likeness (QED) is 0.0578. The van der Waals surface area contributed by atoms with E-state index in [4.69, 9.17) is 5.73 Å². The number of nitrogens with two attached hydrogens (primary N) is 1. The summed E-state index contributed by atoms with van der Waals surface area (Å²) in [6.07, 6.45) is 11.9. The average molecular weight is 808 g/mol. The van der Waals surface area contributed by atoms with Gasteiger partial charge in [-0.15, -0.1) is 0 Å². The number of primary amides is 1. The van der Waals surface area contributed by atoms with Gasteiger partial charge in [0.05, 0.1) is 12.6 Å². The van der Waals surface area contributed by atoms with Crippen LogP contribution in [0.2, 0.25) is 0 Å². The number of aliphatic hydroxyl groups is 1. The van der Waals surface area contributed by atoms with Crippen LogP contribution in [0, 0.1) is 11.8 Å². The molecule has 0 aromatic carbocycles. The van der Waals surface area contributed by atoms with Crippen LogP contribution in [-0.2, 0) is 33.6 Å². The molecule has 0 saturated carbocycles. The second kappa shape index (κ2) is 25.6. The Morgan fingerprint density at radius 1 is 0.719 bits per heavy atom. The van der Waals surface area contributed by atoms with E-state index in [2.05, 4.69) is 33.5 Å². The molecule has 0 aromatic rings. The first-order valence-electron chi connectivity index (χ1n) is 21.4. The summed E-state index contributed by atoms with van der Waals surface area (Å²) >= 11 is 0. The zero-order valence-corrected chi connectivity index (χ0v) is 36.5. The lowest BCUT2D eigenvalue weighted by atomic mass is 9.98. The summed E-state index contributed by atoms with van der Waals surface area (Å²) in [5.74, 6) is -3.58. The Hall–Kier alpha value is -3.75. The minimum Gasteiger partial charge on any atom is -0.394 e. The summed E-state index contributed by atoms with van der Waals surface area (Å²) in [6.45, 7) is 16.0. The molecule has 0 radical (unpaired) electrons. The highest BCUT2D eigenvalue weighted by Gasteiger charge is 2.43. The molecular formula is C42H77N7O8. The Morgan fingerprint density at radius 2 is 1.30 bits per heavy atom. The van der Waals surface area contributed by atoms with Gasteiger partial charge < -0.3 is 42.3 Å². The normalized spacial score (nSPS) is 16.1. The van der Waals surface area contributed by atoms with Gasteiger partial charge in [-0.05, 0) is 78.1 Å². The molecule has 1 rings (SSSR count). The van der Waals surface area contributed by atoms with Crippen LogP contribution in [0.1, 0.15) is 165 Å². The number of likely N-dealkylation sites (tertiary alicyclic amines) is 1. The molecule has 0 unspecified atom stereocenters. The monoisotopic (exact) mass is 808 g/mol. The standard InChI is InChI=1S/C42H77N7O8/c1-10-11-12-13-14-15-16-17-18-21-35(52)47-42(8,9)40(57)49-24-19-20-33(49)38(55)45-32(26-29(4)5)37(54)48-41(6,7)39(56)46-31(22-23-34(43)51)36(53)44-30(27-50)25-28(2)3/h28-33,50H,10-27H2,1-9H3,(H2,43,51)(H,44,53)(H,45,55)(H,46,56)(H,47,52)(H,48,54)/t30-,31-,32-,33-/m0/s1. The van der Waals surface area contributed by atoms with E-state index in [1.807, 2.05) is 27.7 Å². The molecule has 15 nitrogen and oxygen atoms in total. The number of hydrogen-bond acceptors (Lipinski definition) is 8. The third kappa shape index (κ3) is 19.5. The highest BCUT2D eigenvalue weighted by molar-refractivity contribution is 5.98. The number of hydrogen-bond donors (Lipinski definition) is 7. The Morgan fingerprint density at radius 3 is 1.84 bits per heavy atom. The van der Waals surface area contributed by atoms with Crippen LogP contribution in [0.4, 0.5) is 0 Å². The van der Waals surface area contributed by atoms with Gasteiger partial charge in [-0.25, -0.2) is 0 Å². The second-order valence-electron chi connectivity index (χ2n) is 17.8. The number of amides is 7. The number of rotatable bonds is 28. The number of nitrogens with zero attached hydrogens (tertiary/aromatic N) is 1. The highest BCUT2D eigenvalue weighted by atomic mass is 16.3. The molecule has 0 aromatic heterocycles. The lowest BCUT2D eigenvalue weighted by molar-refractivity contribution is -0.145. The predicted octanol–water partition coefficient (Wildman–Crippen LogP) is 3.49. The van der Waals surface area contributed by atoms with Crippen LogP contribution < -0.4 is 32.3 Å². The number of unbranched alkanes of at least 4 members (excludes halogenated alkanes) is 8. The third-order valence-electron chi connectivity index (χ3n) is 10.3. The van der Waals surface area contributed by atoms with Crippen molar-refractivity contribution >= 4 is 41.4 Å². The van der Waals surface area contributed by atoms with Crippen molar-refractivity contribution in [1.29, 1.82) is 0 Å². The van der Waals surface area contributed by atoms with Gasteiger partial charge in [0.15, 0.2) is 0 Å². The molecular weight excluding hydrogens is 731 g/mol. The van der Waals surface area contributed by atoms with E-state index in [1.165, 1.54) is 50.9 Å². The average Bonchev–Trinajstić information content (AvgIpc) is 3.60. The molecule has 4 atom stereocenters. The fraction of sp³-hybridized carbons (Fsp3) is 0.833. The fourth-order valence-corrected chi connectivity index (χ4v) is 7.07. The minimum absolute atomic E-state index is 0.0357. The minimum atomic E-state index is -1.57. The van der Waals surface area contributed by atoms with E-state index >= 15 is 0 Å². The summed E-state index contributed by atoms with van der Waals surface area (Å²) in [5, 5.41) is 23.5. The Bertz CT molecular complexity index is 1320. The lowest BCUT2D eigenvalue weighted by Crippen LogP contribution is -2.63. The van der Waals surface area contributed by atoms with E-state index in [9.17, 15) is 38.7 Å². The van der Waals surface area contributed by atoms with Gasteiger partial charge in [-0.3, -0.25) is 33.6 Å². The molecule has 1 heterocycles. The van der Waals surface area contributed by atoms with Gasteiger partial charge in [-0.1, -0.05) is 86.0 Å². The van der Waals surface area contributed by atoms with Crippen molar-refractivity contribution in [3.63, 3.8) is 0 Å². The van der Waals surface area contributed by atoms with Crippen molar-refractivity contribution in [2.45, 2.75) is 200 Å². The van der Waals surface area contributed by atoms with Crippen molar-refractivity contribution in [2.24, 2.45) is 17.6 Å². The zero-order valence-electron chi connectivity index (χ0n) is 36.5. The molecule has 8 N–H and O–H groups in total. The van der Waals surface area contributed by atoms with Gasteiger partial charge in [0.1, 0.15) is 29.2 Å². The van der Waals surface area contributed by atoms with E-state index in [0.717, 1.165) is 25.7 Å². The summed E-state index contributed by atoms with van der Waals surface area (Å²) in [4.78, 5) is 94.0. The van der Waals surface area contributed by atoms with Crippen LogP contribution in [0.5, 0.6) is 0 Å². The predicted molar refractivity (Wildman–Crippen MR) is 221 cm³/mol. The van der Waals surface area contributed by atoms with E-state index in [-0.39, 0.29) is 49.5 Å². The third-order valence-corrected chi connectivity index (χ3v) is 10.3. The summed E-state index contributed by atoms with van der Waals surface area (Å²) in [6, 6.07) is -3.65. The molecule has 1 aliphatic heterocycles. The van der Waals surface area contributed by atoms with Crippen LogP contribution in [0.3, 0.4) is 0 Å². The van der Waals surface area contributed by atoms with Crippen molar-refractivity contribution in [3.8, 4) is 0 Å². The van der Waals surface area contributed by atoms with E-state index < -0.39 is 64.8 Å². The maximum Gasteiger partial charge on any atom is 0.248 e. The molecule has 15 heteroatoms. The Labute approximate surface area is 341 Å². The van der Waals surface area contributed by atoms with E-state index in [1.54, 1.807) is 13.8 Å². The van der Waals surface area contributed by atoms with Crippen LogP contribution in [0.25, 0.3) is 0 Å². The molecule has 0 spiro atoms. The largest absolute Gasteiger partial charge is 0.394 e. The van der Waals surface area contributed by atoms with Gasteiger partial charge >= 0.3 is 0 Å². The molecule has 7 amide bonds. The topological polar surface area (TPSA) is 229 Å². The lowest BCUT2D eigenvalue weighted by Gasteiger charge is -2.34. The molecule has 1 fully saturated rings. The first-order chi connectivity index (χ1) is 26.6. The summed E-state index contributed by atoms with van der Waals surface area (Å²) in [7, 11) is 0. The Kier molecular flexibility index (Phi) is 23.0. The number of carbonyl (C=O) groups is 7. The van der Waals surface area contributed by atoms with E-state index in [0.29, 0.717) is 32.2 Å². The Balaban J connectivity index is 2.94. The molecule has 1 aliphatic rings. The number of nitrogens with one attached hydrogen (secondary N) is 5. The SMILES string of the molecule is CCCCCCCCCCCC(=O)NC(C)(C)C(=O)N1CCC[C@H]1C(=O)N[C@@H](CC(C)C)C(=O)NC(C)(C)C(=O)N[C@@H](CCC(N)=O)C(=O)N[C@H](CO)CC(C)C. The smallest absolute Gasteiger partial charge is 0.248 e. The molecule has 1 saturated heterocycles. The maximum absolute atomic E-state index is 13.8. The van der Waals surface area contributed by atoms with Crippen LogP contribution in [-0.4, -0.2) is 99.8 Å². The van der Waals surface area contributed by atoms with Gasteiger partial charge in [-0.2, -0.15) is 0 Å². The van der Waals surface area contributed by atoms with Gasteiger partial charge in [0.25, 0.3) is 0 Å². The van der Waals surface area contributed by atoms with Gasteiger partial charge in [0, 0.05) is 19.4 Å². The van der Waals surface area contributed by atoms with Crippen molar-refractivity contribution in [3.05, 3.63) is 0 Å². The zero-order chi connectivity index (χ0) is 43.3. The fourth-order valence-electron chi connectivity index (χ4n) is 7.07. The van der Waals surface area contributed by atoms with Crippen molar-refractivity contribution in [2.75, 3.05) is 13.2 Å². The maximum atomic E-state index is 13.8. The number of carbonyl (C=O) groups excluding carboxylic acids is 7. The van der Waals surface area contributed by atoms with Crippen LogP contribution >= 0.6 is 0 Å². The second-order valence-corrected chi connectivity index (χ2v) is 17.8. The van der Waals surface area contributed by atoms with Crippen LogP contribution in [0.15, 0.2) is 0 Å². The number of aliphatic hydroxyl groups excluding tert-OH is 1. The molecule has 0 bridgehead atoms. The summed E-state index contributed by atoms with van der Waals surface area (Å²) in [5.41, 5.74) is 2.52. The summed E-state index contributed by atoms with van der Waals surface area (Å²) < 4.78 is 0. The van der Waals surface area contributed by atoms with Crippen molar-refractivity contribution < 1.29 is 38.7 Å². The molecule has 57 heavy (non-hydrogen) atoms. The van der Waals surface area contributed by atoms with Gasteiger partial charge in [0.2, 0.25) is 41.4 Å². The molecule has 0 aliphatic carbocycles. The van der Waals surface area contributed by atoms with Crippen molar-refractivity contribution in [1.82, 2.24) is 31.5 Å². The highest BCUT2D eigenvalue weighted by Crippen LogP contribution is 2.23. The molecule has 328 valence electrons. The first kappa shape index (κ1) is 51.3. The first-order valence-corrected chi connectivity index (χ1v) is 21.4.